The molecule has 2 rings (SSSR count). The van der Waals surface area contributed by atoms with Gasteiger partial charge in [0.1, 0.15) is 12.1 Å². The van der Waals surface area contributed by atoms with Crippen LogP contribution in [0.3, 0.4) is 0 Å². The molecule has 0 aliphatic rings. The summed E-state index contributed by atoms with van der Waals surface area (Å²) in [5, 5.41) is 11.3. The van der Waals surface area contributed by atoms with Gasteiger partial charge in [-0.25, -0.2) is 4.39 Å². The molecular formula is C16H13ClFNO3. The summed E-state index contributed by atoms with van der Waals surface area (Å²) in [4.78, 5) is 22.1. The van der Waals surface area contributed by atoms with Crippen molar-refractivity contribution in [3.63, 3.8) is 0 Å². The van der Waals surface area contributed by atoms with Gasteiger partial charge in [0, 0.05) is 9.95 Å². The fourth-order valence-electron chi connectivity index (χ4n) is 2.43. The Kier molecular flexibility index (Phi) is 5.22. The van der Waals surface area contributed by atoms with Crippen LogP contribution in [0.15, 0.2) is 48.5 Å². The first-order valence-electron chi connectivity index (χ1n) is 6.60. The van der Waals surface area contributed by atoms with E-state index in [1.165, 1.54) is 24.3 Å². The van der Waals surface area contributed by atoms with Gasteiger partial charge in [-0.2, -0.15) is 0 Å². The molecule has 0 heterocycles. The molecule has 0 fully saturated rings. The number of rotatable bonds is 6. The molecule has 0 aliphatic carbocycles. The van der Waals surface area contributed by atoms with E-state index in [9.17, 15) is 19.3 Å². The van der Waals surface area contributed by atoms with Gasteiger partial charge in [0.2, 0.25) is 6.54 Å². The van der Waals surface area contributed by atoms with Gasteiger partial charge in [0.15, 0.2) is 0 Å². The predicted octanol–water partition coefficient (Wildman–Crippen LogP) is 3.82. The van der Waals surface area contributed by atoms with E-state index in [0.29, 0.717) is 22.4 Å². The number of aldehydes is 1. The van der Waals surface area contributed by atoms with Crippen LogP contribution in [0.5, 0.6) is 0 Å². The van der Waals surface area contributed by atoms with E-state index in [4.69, 9.17) is 11.6 Å². The summed E-state index contributed by atoms with van der Waals surface area (Å²) in [7, 11) is 0. The average molecular weight is 322 g/mol. The monoisotopic (exact) mass is 321 g/mol. The summed E-state index contributed by atoms with van der Waals surface area (Å²) in [6, 6.07) is 12.1. The maximum atomic E-state index is 13.1. The maximum Gasteiger partial charge on any atom is 0.211 e. The molecule has 0 radical (unpaired) electrons. The standard InChI is InChI=1S/C16H13ClFNO3/c17-16-4-2-1-3-13(16)15(10-20)14(9-19(21)22)11-5-7-12(18)8-6-11/h1-8,10,14-15H,9H2/t14-,15-/m1/s1. The fraction of sp³-hybridized carbons (Fsp3) is 0.188. The normalized spacial score (nSPS) is 13.4. The van der Waals surface area contributed by atoms with Gasteiger partial charge in [-0.15, -0.1) is 0 Å². The highest BCUT2D eigenvalue weighted by Crippen LogP contribution is 2.35. The van der Waals surface area contributed by atoms with E-state index in [0.717, 1.165) is 0 Å². The Morgan fingerprint density at radius 3 is 2.36 bits per heavy atom. The second kappa shape index (κ2) is 7.13. The minimum absolute atomic E-state index is 0.370. The van der Waals surface area contributed by atoms with E-state index in [2.05, 4.69) is 0 Å². The van der Waals surface area contributed by atoms with Crippen molar-refractivity contribution in [1.82, 2.24) is 0 Å². The fourth-order valence-corrected chi connectivity index (χ4v) is 2.69. The van der Waals surface area contributed by atoms with Gasteiger partial charge in [-0.3, -0.25) is 10.1 Å². The molecule has 4 nitrogen and oxygen atoms in total. The first-order chi connectivity index (χ1) is 10.5. The van der Waals surface area contributed by atoms with Crippen LogP contribution in [0.25, 0.3) is 0 Å². The maximum absolute atomic E-state index is 13.1. The Labute approximate surface area is 131 Å². The minimum Gasteiger partial charge on any atom is -0.303 e. The molecule has 2 aromatic rings. The molecule has 0 unspecified atom stereocenters. The molecule has 2 aromatic carbocycles. The number of carbonyl (C=O) groups is 1. The van der Waals surface area contributed by atoms with Crippen LogP contribution >= 0.6 is 11.6 Å². The third-order valence-electron chi connectivity index (χ3n) is 3.49. The van der Waals surface area contributed by atoms with Crippen molar-refractivity contribution in [2.24, 2.45) is 0 Å². The summed E-state index contributed by atoms with van der Waals surface area (Å²) in [6.45, 7) is -0.444. The molecule has 0 N–H and O–H groups in total. The number of nitro groups is 1. The van der Waals surface area contributed by atoms with Crippen molar-refractivity contribution in [2.75, 3.05) is 6.54 Å². The topological polar surface area (TPSA) is 60.2 Å². The Bertz CT molecular complexity index is 675. The van der Waals surface area contributed by atoms with Crippen LogP contribution in [0, 0.1) is 15.9 Å². The molecule has 0 spiro atoms. The molecule has 114 valence electrons. The van der Waals surface area contributed by atoms with Crippen molar-refractivity contribution in [1.29, 1.82) is 0 Å². The largest absolute Gasteiger partial charge is 0.303 e. The van der Waals surface area contributed by atoms with Crippen LogP contribution in [0.1, 0.15) is 23.0 Å². The highest BCUT2D eigenvalue weighted by molar-refractivity contribution is 6.31. The highest BCUT2D eigenvalue weighted by atomic mass is 35.5. The van der Waals surface area contributed by atoms with Crippen LogP contribution < -0.4 is 0 Å². The summed E-state index contributed by atoms with van der Waals surface area (Å²) in [6.07, 6.45) is 0.652. The van der Waals surface area contributed by atoms with Gasteiger partial charge in [0.25, 0.3) is 0 Å². The minimum atomic E-state index is -0.774. The molecule has 0 aromatic heterocycles. The van der Waals surface area contributed by atoms with Crippen molar-refractivity contribution in [2.45, 2.75) is 11.8 Å². The van der Waals surface area contributed by atoms with Crippen molar-refractivity contribution in [3.05, 3.63) is 80.6 Å². The second-order valence-electron chi connectivity index (χ2n) is 4.86. The summed E-state index contributed by atoms with van der Waals surface area (Å²) in [5.41, 5.74) is 1.05. The Morgan fingerprint density at radius 1 is 1.18 bits per heavy atom. The molecule has 0 aliphatic heterocycles. The van der Waals surface area contributed by atoms with Crippen LogP contribution in [-0.2, 0) is 4.79 Å². The number of hydrogen-bond acceptors (Lipinski definition) is 3. The Hall–Kier alpha value is -2.27. The van der Waals surface area contributed by atoms with Crippen molar-refractivity contribution in [3.8, 4) is 0 Å². The highest BCUT2D eigenvalue weighted by Gasteiger charge is 2.30. The summed E-state index contributed by atoms with van der Waals surface area (Å²) >= 11 is 6.10. The van der Waals surface area contributed by atoms with E-state index in [1.54, 1.807) is 24.3 Å². The number of hydrogen-bond donors (Lipinski definition) is 0. The molecule has 6 heteroatoms. The Balaban J connectivity index is 2.46. The van der Waals surface area contributed by atoms with Gasteiger partial charge < -0.3 is 4.79 Å². The zero-order valence-corrected chi connectivity index (χ0v) is 12.2. The lowest BCUT2D eigenvalue weighted by Gasteiger charge is -2.21. The number of halogens is 2. The quantitative estimate of drug-likeness (QED) is 0.461. The molecule has 22 heavy (non-hydrogen) atoms. The third-order valence-corrected chi connectivity index (χ3v) is 3.83. The van der Waals surface area contributed by atoms with E-state index in [-0.39, 0.29) is 0 Å². The first-order valence-corrected chi connectivity index (χ1v) is 6.97. The molecular weight excluding hydrogens is 309 g/mol. The van der Waals surface area contributed by atoms with Gasteiger partial charge in [0.05, 0.1) is 11.8 Å². The Morgan fingerprint density at radius 2 is 1.82 bits per heavy atom. The van der Waals surface area contributed by atoms with E-state index < -0.39 is 29.1 Å². The average Bonchev–Trinajstić information content (AvgIpc) is 2.49. The van der Waals surface area contributed by atoms with Crippen LogP contribution in [0.2, 0.25) is 5.02 Å². The molecule has 0 amide bonds. The molecule has 2 atom stereocenters. The lowest BCUT2D eigenvalue weighted by atomic mass is 9.82. The summed E-state index contributed by atoms with van der Waals surface area (Å²) < 4.78 is 13.1. The van der Waals surface area contributed by atoms with Gasteiger partial charge in [-0.05, 0) is 29.3 Å². The zero-order valence-electron chi connectivity index (χ0n) is 11.5. The number of benzene rings is 2. The van der Waals surface area contributed by atoms with Crippen LogP contribution in [0.4, 0.5) is 4.39 Å². The molecule has 0 bridgehead atoms. The zero-order chi connectivity index (χ0) is 16.1. The van der Waals surface area contributed by atoms with Gasteiger partial charge in [-0.1, -0.05) is 41.9 Å². The SMILES string of the molecule is O=C[C@H](c1ccccc1Cl)[C@H](C[N+](=O)[O-])c1ccc(F)cc1. The molecule has 0 saturated carbocycles. The van der Waals surface area contributed by atoms with Crippen molar-refractivity contribution >= 4 is 17.9 Å². The number of nitrogens with zero attached hydrogens (tertiary/aromatic N) is 1. The summed E-state index contributed by atoms with van der Waals surface area (Å²) in [5.74, 6) is -1.93. The van der Waals surface area contributed by atoms with E-state index in [1.807, 2.05) is 0 Å². The predicted molar refractivity (Wildman–Crippen MR) is 81.3 cm³/mol. The second-order valence-corrected chi connectivity index (χ2v) is 5.26. The van der Waals surface area contributed by atoms with Crippen LogP contribution in [-0.4, -0.2) is 17.8 Å². The lowest BCUT2D eigenvalue weighted by molar-refractivity contribution is -0.483. The van der Waals surface area contributed by atoms with Gasteiger partial charge >= 0.3 is 0 Å². The van der Waals surface area contributed by atoms with Crippen molar-refractivity contribution < 1.29 is 14.1 Å². The lowest BCUT2D eigenvalue weighted by Crippen LogP contribution is -2.21. The molecule has 0 saturated heterocycles. The smallest absolute Gasteiger partial charge is 0.211 e. The number of carbonyl (C=O) groups excluding carboxylic acids is 1. The third kappa shape index (κ3) is 3.68. The van der Waals surface area contributed by atoms with E-state index >= 15 is 0 Å². The first kappa shape index (κ1) is 16.1.